The summed E-state index contributed by atoms with van der Waals surface area (Å²) in [6, 6.07) is 0. The molecular formula is C8H7NO3. The lowest BCUT2D eigenvalue weighted by Crippen LogP contribution is -2.37. The van der Waals surface area contributed by atoms with Crippen molar-refractivity contribution in [3.05, 3.63) is 24.0 Å². The molecule has 1 amide bonds. The summed E-state index contributed by atoms with van der Waals surface area (Å²) < 4.78 is 0. The van der Waals surface area contributed by atoms with E-state index in [1.807, 2.05) is 0 Å². The van der Waals surface area contributed by atoms with E-state index < -0.39 is 5.92 Å². The molecule has 0 radical (unpaired) electrons. The largest absolute Gasteiger partial charge is 0.383 e. The highest BCUT2D eigenvalue weighted by Gasteiger charge is 2.31. The summed E-state index contributed by atoms with van der Waals surface area (Å²) in [5.41, 5.74) is 2.21. The van der Waals surface area contributed by atoms with Crippen molar-refractivity contribution in [2.75, 3.05) is 0 Å². The van der Waals surface area contributed by atoms with Crippen LogP contribution in [0.5, 0.6) is 0 Å². The number of fused-ring (bicyclic) bond motifs is 1. The van der Waals surface area contributed by atoms with E-state index in [9.17, 15) is 9.59 Å². The number of carbonyl (C=O) groups is 2. The number of allylic oxidation sites excluding steroid dienone is 4. The fraction of sp³-hybridized carbons (Fsp3) is 0.250. The zero-order valence-corrected chi connectivity index (χ0v) is 6.24. The molecule has 4 heteroatoms. The van der Waals surface area contributed by atoms with E-state index in [4.69, 9.17) is 4.84 Å². The molecule has 4 nitrogen and oxygen atoms in total. The van der Waals surface area contributed by atoms with Gasteiger partial charge in [-0.15, -0.1) is 0 Å². The number of ketones is 1. The number of hydroxylamine groups is 1. The van der Waals surface area contributed by atoms with Gasteiger partial charge in [-0.2, -0.15) is 5.48 Å². The minimum Gasteiger partial charge on any atom is -0.383 e. The second-order valence-electron chi connectivity index (χ2n) is 2.71. The first-order valence-corrected chi connectivity index (χ1v) is 3.65. The maximum absolute atomic E-state index is 11.2. The molecule has 1 heterocycles. The highest BCUT2D eigenvalue weighted by Crippen LogP contribution is 2.24. The molecule has 1 N–H and O–H groups in total. The highest BCUT2D eigenvalue weighted by molar-refractivity contribution is 5.98. The quantitative estimate of drug-likeness (QED) is 0.553. The van der Waals surface area contributed by atoms with Gasteiger partial charge in [0.1, 0.15) is 5.76 Å². The lowest BCUT2D eigenvalue weighted by atomic mass is 9.93. The molecule has 1 aliphatic carbocycles. The topological polar surface area (TPSA) is 55.4 Å². The van der Waals surface area contributed by atoms with Crippen LogP contribution in [0.4, 0.5) is 0 Å². The van der Waals surface area contributed by atoms with Crippen LogP contribution in [0, 0.1) is 5.92 Å². The SMILES string of the molecule is O=C1CC2C(=O)C=CC=C2ON1. The van der Waals surface area contributed by atoms with Gasteiger partial charge in [0.25, 0.3) is 5.91 Å². The Labute approximate surface area is 68.8 Å². The molecule has 2 aliphatic rings. The second kappa shape index (κ2) is 2.48. The van der Waals surface area contributed by atoms with E-state index in [2.05, 4.69) is 5.48 Å². The van der Waals surface area contributed by atoms with E-state index >= 15 is 0 Å². The summed E-state index contributed by atoms with van der Waals surface area (Å²) in [4.78, 5) is 26.9. The lowest BCUT2D eigenvalue weighted by Gasteiger charge is -2.24. The van der Waals surface area contributed by atoms with Crippen molar-refractivity contribution in [1.29, 1.82) is 0 Å². The average molecular weight is 165 g/mol. The van der Waals surface area contributed by atoms with E-state index in [1.165, 1.54) is 6.08 Å². The van der Waals surface area contributed by atoms with Gasteiger partial charge in [-0.25, -0.2) is 0 Å². The average Bonchev–Trinajstić information content (AvgIpc) is 2.07. The predicted octanol–water partition coefficient (Wildman–Crippen LogP) is 0.0769. The molecule has 0 aromatic carbocycles. The zero-order valence-electron chi connectivity index (χ0n) is 6.24. The first kappa shape index (κ1) is 7.09. The number of nitrogens with one attached hydrogen (secondary N) is 1. The van der Waals surface area contributed by atoms with Gasteiger partial charge in [-0.3, -0.25) is 9.59 Å². The van der Waals surface area contributed by atoms with Crippen LogP contribution in [-0.2, 0) is 14.4 Å². The molecule has 1 atom stereocenters. The molecule has 0 spiro atoms. The Kier molecular flexibility index (Phi) is 1.46. The molecular weight excluding hydrogens is 158 g/mol. The van der Waals surface area contributed by atoms with E-state index in [0.29, 0.717) is 5.76 Å². The molecule has 0 saturated carbocycles. The maximum atomic E-state index is 11.2. The Hall–Kier alpha value is -1.58. The van der Waals surface area contributed by atoms with Gasteiger partial charge >= 0.3 is 0 Å². The van der Waals surface area contributed by atoms with Crippen LogP contribution in [0.3, 0.4) is 0 Å². The van der Waals surface area contributed by atoms with Crippen LogP contribution >= 0.6 is 0 Å². The van der Waals surface area contributed by atoms with Crippen molar-refractivity contribution in [2.45, 2.75) is 6.42 Å². The summed E-state index contributed by atoms with van der Waals surface area (Å²) in [5, 5.41) is 0. The molecule has 1 unspecified atom stereocenters. The van der Waals surface area contributed by atoms with Crippen molar-refractivity contribution in [3.8, 4) is 0 Å². The number of hydrogen-bond donors (Lipinski definition) is 1. The summed E-state index contributed by atoms with van der Waals surface area (Å²) >= 11 is 0. The molecule has 1 aliphatic heterocycles. The number of hydrogen-bond acceptors (Lipinski definition) is 3. The molecule has 0 bridgehead atoms. The summed E-state index contributed by atoms with van der Waals surface area (Å²) in [6.45, 7) is 0. The smallest absolute Gasteiger partial charge is 0.253 e. The molecule has 1 saturated heterocycles. The van der Waals surface area contributed by atoms with Crippen molar-refractivity contribution in [3.63, 3.8) is 0 Å². The molecule has 1 fully saturated rings. The van der Waals surface area contributed by atoms with Crippen LogP contribution in [0.2, 0.25) is 0 Å². The standard InChI is InChI=1S/C8H7NO3/c10-6-2-1-3-7-5(6)4-8(11)9-12-7/h1-3,5H,4H2,(H,9,11). The number of carbonyl (C=O) groups excluding carboxylic acids is 2. The van der Waals surface area contributed by atoms with Gasteiger partial charge in [-0.1, -0.05) is 6.08 Å². The molecule has 0 aromatic heterocycles. The summed E-state index contributed by atoms with van der Waals surface area (Å²) in [5.74, 6) is -0.186. The van der Waals surface area contributed by atoms with E-state index in [-0.39, 0.29) is 18.1 Å². The van der Waals surface area contributed by atoms with Crippen molar-refractivity contribution < 1.29 is 14.4 Å². The highest BCUT2D eigenvalue weighted by atomic mass is 16.7. The Balaban J connectivity index is 2.27. The van der Waals surface area contributed by atoms with Gasteiger partial charge in [0.15, 0.2) is 5.78 Å². The van der Waals surface area contributed by atoms with Crippen LogP contribution < -0.4 is 5.48 Å². The van der Waals surface area contributed by atoms with Crippen molar-refractivity contribution in [1.82, 2.24) is 5.48 Å². The van der Waals surface area contributed by atoms with Gasteiger partial charge in [-0.05, 0) is 12.2 Å². The Morgan fingerprint density at radius 1 is 1.50 bits per heavy atom. The third-order valence-electron chi connectivity index (χ3n) is 1.88. The molecule has 62 valence electrons. The predicted molar refractivity (Wildman–Crippen MR) is 39.6 cm³/mol. The van der Waals surface area contributed by atoms with Gasteiger partial charge in [0.05, 0.1) is 5.92 Å². The third kappa shape index (κ3) is 1.01. The minimum absolute atomic E-state index is 0.0673. The van der Waals surface area contributed by atoms with Gasteiger partial charge in [0, 0.05) is 6.42 Å². The maximum Gasteiger partial charge on any atom is 0.253 e. The van der Waals surface area contributed by atoms with E-state index in [1.54, 1.807) is 12.2 Å². The fourth-order valence-electron chi connectivity index (χ4n) is 1.26. The Bertz CT molecular complexity index is 303. The van der Waals surface area contributed by atoms with Crippen LogP contribution in [0.1, 0.15) is 6.42 Å². The lowest BCUT2D eigenvalue weighted by molar-refractivity contribution is -0.140. The van der Waals surface area contributed by atoms with Gasteiger partial charge < -0.3 is 4.84 Å². The number of rotatable bonds is 0. The fourth-order valence-corrected chi connectivity index (χ4v) is 1.26. The van der Waals surface area contributed by atoms with Crippen LogP contribution in [0.15, 0.2) is 24.0 Å². The first-order valence-electron chi connectivity index (χ1n) is 3.65. The minimum atomic E-state index is -0.399. The normalized spacial score (nSPS) is 27.0. The molecule has 2 rings (SSSR count). The van der Waals surface area contributed by atoms with Crippen LogP contribution in [-0.4, -0.2) is 11.7 Å². The van der Waals surface area contributed by atoms with Gasteiger partial charge in [0.2, 0.25) is 0 Å². The first-order chi connectivity index (χ1) is 5.77. The van der Waals surface area contributed by atoms with E-state index in [0.717, 1.165) is 0 Å². The van der Waals surface area contributed by atoms with Crippen molar-refractivity contribution >= 4 is 11.7 Å². The molecule has 12 heavy (non-hydrogen) atoms. The Morgan fingerprint density at radius 3 is 3.17 bits per heavy atom. The summed E-state index contributed by atoms with van der Waals surface area (Å²) in [7, 11) is 0. The Morgan fingerprint density at radius 2 is 2.33 bits per heavy atom. The zero-order chi connectivity index (χ0) is 8.55. The second-order valence-corrected chi connectivity index (χ2v) is 2.71. The third-order valence-corrected chi connectivity index (χ3v) is 1.88. The monoisotopic (exact) mass is 165 g/mol. The van der Waals surface area contributed by atoms with Crippen LogP contribution in [0.25, 0.3) is 0 Å². The molecule has 0 aromatic rings. The number of amides is 1. The van der Waals surface area contributed by atoms with Crippen molar-refractivity contribution in [2.24, 2.45) is 5.92 Å². The summed E-state index contributed by atoms with van der Waals surface area (Å²) in [6.07, 6.45) is 4.95.